The number of rotatable bonds is 5. The molecule has 1 amide bonds. The Kier molecular flexibility index (Phi) is 5.70. The van der Waals surface area contributed by atoms with E-state index in [1.54, 1.807) is 24.3 Å². The first-order chi connectivity index (χ1) is 13.4. The fourth-order valence-corrected chi connectivity index (χ4v) is 2.85. The lowest BCUT2D eigenvalue weighted by Crippen LogP contribution is -2.22. The van der Waals surface area contributed by atoms with Crippen molar-refractivity contribution in [3.05, 3.63) is 64.1 Å². The van der Waals surface area contributed by atoms with Crippen LogP contribution in [-0.4, -0.2) is 21.8 Å². The molecule has 144 valence electrons. The van der Waals surface area contributed by atoms with Gasteiger partial charge in [0, 0.05) is 23.8 Å². The Morgan fingerprint density at radius 3 is 2.75 bits per heavy atom. The molecule has 1 aliphatic carbocycles. The maximum absolute atomic E-state index is 13.3. The van der Waals surface area contributed by atoms with Crippen molar-refractivity contribution in [3.8, 4) is 0 Å². The SMILES string of the molecule is CCc1cc(NC(=O)C2=CC=C(c3ccc(F)c(Cl)c3)C2)nc(N=C(N)N)n1. The van der Waals surface area contributed by atoms with Crippen molar-refractivity contribution in [2.45, 2.75) is 19.8 Å². The first kappa shape index (κ1) is 19.5. The van der Waals surface area contributed by atoms with Gasteiger partial charge in [-0.3, -0.25) is 4.79 Å². The number of nitrogens with one attached hydrogen (secondary N) is 1. The number of guanidine groups is 1. The molecule has 1 aliphatic rings. The fraction of sp³-hybridized carbons (Fsp3) is 0.158. The lowest BCUT2D eigenvalue weighted by Gasteiger charge is -2.09. The Hall–Kier alpha value is -3.26. The second-order valence-electron chi connectivity index (χ2n) is 6.08. The Morgan fingerprint density at radius 1 is 1.29 bits per heavy atom. The number of amides is 1. The van der Waals surface area contributed by atoms with Gasteiger partial charge in [0.05, 0.1) is 5.02 Å². The molecule has 0 saturated heterocycles. The van der Waals surface area contributed by atoms with Crippen molar-refractivity contribution >= 4 is 40.8 Å². The van der Waals surface area contributed by atoms with E-state index in [-0.39, 0.29) is 22.8 Å². The van der Waals surface area contributed by atoms with Crippen LogP contribution in [0.5, 0.6) is 0 Å². The Balaban J connectivity index is 1.72. The first-order valence-electron chi connectivity index (χ1n) is 8.49. The Morgan fingerprint density at radius 2 is 2.07 bits per heavy atom. The molecular formula is C19H18ClFN6O. The monoisotopic (exact) mass is 400 g/mol. The molecule has 0 saturated carbocycles. The predicted molar refractivity (Wildman–Crippen MR) is 108 cm³/mol. The number of benzene rings is 1. The van der Waals surface area contributed by atoms with Crippen LogP contribution in [0.25, 0.3) is 5.57 Å². The quantitative estimate of drug-likeness (QED) is 0.526. The number of hydrogen-bond acceptors (Lipinski definition) is 4. The molecule has 3 rings (SSSR count). The summed E-state index contributed by atoms with van der Waals surface area (Å²) in [4.78, 5) is 24.8. The zero-order chi connectivity index (χ0) is 20.3. The lowest BCUT2D eigenvalue weighted by molar-refractivity contribution is -0.112. The average molecular weight is 401 g/mol. The number of nitrogens with zero attached hydrogens (tertiary/aromatic N) is 3. The summed E-state index contributed by atoms with van der Waals surface area (Å²) in [6.07, 6.45) is 4.53. The van der Waals surface area contributed by atoms with E-state index in [1.165, 1.54) is 12.1 Å². The third-order valence-electron chi connectivity index (χ3n) is 4.05. The number of aromatic nitrogens is 2. The van der Waals surface area contributed by atoms with Crippen molar-refractivity contribution < 1.29 is 9.18 Å². The Bertz CT molecular complexity index is 1030. The molecule has 0 atom stereocenters. The van der Waals surface area contributed by atoms with Gasteiger partial charge in [-0.2, -0.15) is 9.98 Å². The topological polar surface area (TPSA) is 119 Å². The van der Waals surface area contributed by atoms with E-state index < -0.39 is 5.82 Å². The summed E-state index contributed by atoms with van der Waals surface area (Å²) in [7, 11) is 0. The normalized spacial score (nSPS) is 13.0. The van der Waals surface area contributed by atoms with Crippen LogP contribution >= 0.6 is 11.6 Å². The molecule has 7 nitrogen and oxygen atoms in total. The molecule has 0 fully saturated rings. The largest absolute Gasteiger partial charge is 0.370 e. The fourth-order valence-electron chi connectivity index (χ4n) is 2.67. The molecule has 5 N–H and O–H groups in total. The van der Waals surface area contributed by atoms with Crippen molar-refractivity contribution in [2.75, 3.05) is 5.32 Å². The molecule has 0 aliphatic heterocycles. The van der Waals surface area contributed by atoms with Gasteiger partial charge in [-0.1, -0.05) is 36.7 Å². The van der Waals surface area contributed by atoms with E-state index in [0.717, 1.165) is 11.1 Å². The van der Waals surface area contributed by atoms with Crippen molar-refractivity contribution in [1.82, 2.24) is 9.97 Å². The Labute approximate surface area is 166 Å². The third kappa shape index (κ3) is 4.52. The number of allylic oxidation sites excluding steroid dienone is 3. The predicted octanol–water partition coefficient (Wildman–Crippen LogP) is 3.09. The maximum Gasteiger partial charge on any atom is 0.254 e. The zero-order valence-electron chi connectivity index (χ0n) is 15.0. The maximum atomic E-state index is 13.3. The van der Waals surface area contributed by atoms with Gasteiger partial charge in [-0.25, -0.2) is 9.37 Å². The minimum absolute atomic E-state index is 0.0386. The molecule has 9 heteroatoms. The van der Waals surface area contributed by atoms with Gasteiger partial charge in [0.25, 0.3) is 11.9 Å². The highest BCUT2D eigenvalue weighted by Crippen LogP contribution is 2.31. The van der Waals surface area contributed by atoms with Gasteiger partial charge in [0.1, 0.15) is 11.6 Å². The number of aliphatic imine (C=N–C) groups is 1. The van der Waals surface area contributed by atoms with Crippen LogP contribution in [0.1, 0.15) is 24.6 Å². The summed E-state index contributed by atoms with van der Waals surface area (Å²) >= 11 is 5.84. The van der Waals surface area contributed by atoms with Crippen LogP contribution in [0.15, 0.2) is 47.0 Å². The van der Waals surface area contributed by atoms with Gasteiger partial charge in [-0.15, -0.1) is 0 Å². The number of aryl methyl sites for hydroxylation is 1. The minimum Gasteiger partial charge on any atom is -0.370 e. The van der Waals surface area contributed by atoms with E-state index in [4.69, 9.17) is 23.1 Å². The van der Waals surface area contributed by atoms with Crippen LogP contribution < -0.4 is 16.8 Å². The van der Waals surface area contributed by atoms with Crippen molar-refractivity contribution in [3.63, 3.8) is 0 Å². The minimum atomic E-state index is -0.484. The zero-order valence-corrected chi connectivity index (χ0v) is 15.8. The van der Waals surface area contributed by atoms with E-state index >= 15 is 0 Å². The van der Waals surface area contributed by atoms with Gasteiger partial charge >= 0.3 is 0 Å². The summed E-state index contributed by atoms with van der Waals surface area (Å²) in [6.45, 7) is 1.91. The van der Waals surface area contributed by atoms with Crippen molar-refractivity contribution in [1.29, 1.82) is 0 Å². The molecular weight excluding hydrogens is 383 g/mol. The van der Waals surface area contributed by atoms with E-state index in [9.17, 15) is 9.18 Å². The highest BCUT2D eigenvalue weighted by Gasteiger charge is 2.18. The van der Waals surface area contributed by atoms with Gasteiger partial charge in [0.2, 0.25) is 0 Å². The van der Waals surface area contributed by atoms with Gasteiger partial charge in [-0.05, 0) is 29.7 Å². The molecule has 1 aromatic heterocycles. The van der Waals surface area contributed by atoms with Crippen LogP contribution in [0.2, 0.25) is 5.02 Å². The number of anilines is 1. The number of halogens is 2. The number of hydrogen-bond donors (Lipinski definition) is 3. The number of nitrogens with two attached hydrogens (primary N) is 2. The smallest absolute Gasteiger partial charge is 0.254 e. The molecule has 1 heterocycles. The van der Waals surface area contributed by atoms with Crippen molar-refractivity contribution in [2.24, 2.45) is 16.5 Å². The standard InChI is InChI=1S/C19H18ClFN6O/c1-2-13-9-16(26-19(24-13)27-18(22)23)25-17(28)12-4-3-10(7-12)11-5-6-15(21)14(20)8-11/h3-6,8-9H,2,7H2,1H3,(H5,22,23,24,25,26,27,28). The van der Waals surface area contributed by atoms with Crippen LogP contribution in [0.4, 0.5) is 16.2 Å². The van der Waals surface area contributed by atoms with Crippen LogP contribution in [0.3, 0.4) is 0 Å². The second-order valence-corrected chi connectivity index (χ2v) is 6.49. The van der Waals surface area contributed by atoms with E-state index in [2.05, 4.69) is 20.3 Å². The number of carbonyl (C=O) groups is 1. The lowest BCUT2D eigenvalue weighted by atomic mass is 10.0. The van der Waals surface area contributed by atoms with Crippen LogP contribution in [-0.2, 0) is 11.2 Å². The van der Waals surface area contributed by atoms with E-state index in [0.29, 0.717) is 29.9 Å². The average Bonchev–Trinajstić information content (AvgIpc) is 3.13. The van der Waals surface area contributed by atoms with Crippen LogP contribution in [0, 0.1) is 5.82 Å². The van der Waals surface area contributed by atoms with E-state index in [1.807, 2.05) is 6.92 Å². The van der Waals surface area contributed by atoms with Gasteiger partial charge in [0.15, 0.2) is 5.96 Å². The highest BCUT2D eigenvalue weighted by molar-refractivity contribution is 6.30. The summed E-state index contributed by atoms with van der Waals surface area (Å²) in [5, 5.41) is 2.77. The summed E-state index contributed by atoms with van der Waals surface area (Å²) < 4.78 is 13.3. The molecule has 0 unspecified atom stereocenters. The van der Waals surface area contributed by atoms with Gasteiger partial charge < -0.3 is 16.8 Å². The molecule has 0 bridgehead atoms. The molecule has 2 aromatic rings. The second kappa shape index (κ2) is 8.18. The highest BCUT2D eigenvalue weighted by atomic mass is 35.5. The summed E-state index contributed by atoms with van der Waals surface area (Å²) in [6, 6.07) is 6.13. The number of carbonyl (C=O) groups excluding carboxylic acids is 1. The third-order valence-corrected chi connectivity index (χ3v) is 4.34. The molecule has 0 radical (unpaired) electrons. The summed E-state index contributed by atoms with van der Waals surface area (Å²) in [5.41, 5.74) is 13.6. The molecule has 0 spiro atoms. The summed E-state index contributed by atoms with van der Waals surface area (Å²) in [5.74, 6) is -0.584. The molecule has 1 aromatic carbocycles. The molecule has 28 heavy (non-hydrogen) atoms. The first-order valence-corrected chi connectivity index (χ1v) is 8.87.